The summed E-state index contributed by atoms with van der Waals surface area (Å²) in [6.45, 7) is 2.82. The van der Waals surface area contributed by atoms with E-state index in [-0.39, 0.29) is 17.7 Å². The van der Waals surface area contributed by atoms with E-state index < -0.39 is 5.97 Å². The van der Waals surface area contributed by atoms with Gasteiger partial charge in [-0.1, -0.05) is 29.8 Å². The number of methoxy groups -OCH3 is 1. The fraction of sp³-hybridized carbons (Fsp3) is 0.364. The van der Waals surface area contributed by atoms with Crippen molar-refractivity contribution < 1.29 is 19.1 Å². The first kappa shape index (κ1) is 19.7. The Hall–Kier alpha value is -2.57. The number of morpholine rings is 1. The lowest BCUT2D eigenvalue weighted by molar-refractivity contribution is -0.117. The molecular formula is C22H23ClN2O4. The third-order valence-corrected chi connectivity index (χ3v) is 5.82. The van der Waals surface area contributed by atoms with Crippen molar-refractivity contribution in [1.82, 2.24) is 0 Å². The fourth-order valence-electron chi connectivity index (χ4n) is 3.77. The molecule has 6 nitrogen and oxygen atoms in total. The lowest BCUT2D eigenvalue weighted by Gasteiger charge is -2.29. The highest BCUT2D eigenvalue weighted by Gasteiger charge is 2.45. The quantitative estimate of drug-likeness (QED) is 0.755. The molecule has 2 atom stereocenters. The fourth-order valence-corrected chi connectivity index (χ4v) is 4.04. The monoisotopic (exact) mass is 414 g/mol. The van der Waals surface area contributed by atoms with Crippen molar-refractivity contribution in [2.75, 3.05) is 43.6 Å². The molecule has 29 heavy (non-hydrogen) atoms. The number of halogens is 1. The first-order valence-corrected chi connectivity index (χ1v) is 10.1. The van der Waals surface area contributed by atoms with Crippen molar-refractivity contribution >= 4 is 34.9 Å². The van der Waals surface area contributed by atoms with Crippen LogP contribution in [0.5, 0.6) is 0 Å². The van der Waals surface area contributed by atoms with Crippen LogP contribution < -0.4 is 10.2 Å². The highest BCUT2D eigenvalue weighted by atomic mass is 35.5. The molecule has 1 saturated carbocycles. The van der Waals surface area contributed by atoms with E-state index in [0.29, 0.717) is 29.5 Å². The Morgan fingerprint density at radius 3 is 2.66 bits per heavy atom. The SMILES string of the molecule is COC(=O)c1cc(N2CCOCC2)ccc1NC(=O)C1CC1c1ccccc1Cl. The van der Waals surface area contributed by atoms with E-state index >= 15 is 0 Å². The minimum absolute atomic E-state index is 0.109. The third-order valence-electron chi connectivity index (χ3n) is 5.47. The normalized spacial score (nSPS) is 20.8. The molecule has 2 aromatic rings. The van der Waals surface area contributed by atoms with E-state index in [9.17, 15) is 9.59 Å². The number of amides is 1. The molecule has 1 saturated heterocycles. The predicted octanol–water partition coefficient (Wildman–Crippen LogP) is 3.71. The molecule has 0 bridgehead atoms. The number of esters is 1. The Morgan fingerprint density at radius 2 is 1.93 bits per heavy atom. The van der Waals surface area contributed by atoms with Crippen molar-refractivity contribution in [3.8, 4) is 0 Å². The van der Waals surface area contributed by atoms with Crippen molar-refractivity contribution in [1.29, 1.82) is 0 Å². The molecule has 1 aliphatic carbocycles. The van der Waals surface area contributed by atoms with E-state index in [1.165, 1.54) is 7.11 Å². The van der Waals surface area contributed by atoms with Crippen LogP contribution in [0.15, 0.2) is 42.5 Å². The molecule has 2 fully saturated rings. The standard InChI is InChI=1S/C22H23ClN2O4/c1-28-22(27)18-12-14(25-8-10-29-11-9-25)6-7-20(18)24-21(26)17-13-16(17)15-4-2-3-5-19(15)23/h2-7,12,16-17H,8-11,13H2,1H3,(H,24,26). The Balaban J connectivity index is 1.51. The summed E-state index contributed by atoms with van der Waals surface area (Å²) >= 11 is 6.26. The lowest BCUT2D eigenvalue weighted by atomic mass is 10.1. The van der Waals surface area contributed by atoms with Crippen LogP contribution in [0.4, 0.5) is 11.4 Å². The first-order valence-electron chi connectivity index (χ1n) is 9.69. The molecule has 2 aliphatic rings. The van der Waals surface area contributed by atoms with Gasteiger partial charge in [0, 0.05) is 29.7 Å². The average molecular weight is 415 g/mol. The van der Waals surface area contributed by atoms with Gasteiger partial charge in [-0.2, -0.15) is 0 Å². The van der Waals surface area contributed by atoms with Crippen molar-refractivity contribution in [3.63, 3.8) is 0 Å². The molecular weight excluding hydrogens is 392 g/mol. The lowest BCUT2D eigenvalue weighted by Crippen LogP contribution is -2.36. The zero-order chi connectivity index (χ0) is 20.4. The number of ether oxygens (including phenoxy) is 2. The number of anilines is 2. The minimum Gasteiger partial charge on any atom is -0.465 e. The molecule has 1 N–H and O–H groups in total. The summed E-state index contributed by atoms with van der Waals surface area (Å²) in [7, 11) is 1.34. The number of carbonyl (C=O) groups is 2. The number of nitrogens with zero attached hydrogens (tertiary/aromatic N) is 1. The summed E-state index contributed by atoms with van der Waals surface area (Å²) in [6, 6.07) is 13.0. The van der Waals surface area contributed by atoms with Crippen LogP contribution >= 0.6 is 11.6 Å². The van der Waals surface area contributed by atoms with Crippen LogP contribution in [0.1, 0.15) is 28.3 Å². The first-order chi connectivity index (χ1) is 14.1. The van der Waals surface area contributed by atoms with Crippen LogP contribution in [0, 0.1) is 5.92 Å². The molecule has 2 aromatic carbocycles. The molecule has 7 heteroatoms. The maximum atomic E-state index is 12.8. The van der Waals surface area contributed by atoms with Crippen LogP contribution in [-0.4, -0.2) is 45.3 Å². The number of hydrogen-bond donors (Lipinski definition) is 1. The van der Waals surface area contributed by atoms with Gasteiger partial charge in [0.1, 0.15) is 0 Å². The van der Waals surface area contributed by atoms with E-state index in [4.69, 9.17) is 21.1 Å². The van der Waals surface area contributed by atoms with Crippen LogP contribution in [0.3, 0.4) is 0 Å². The summed E-state index contributed by atoms with van der Waals surface area (Å²) in [6.07, 6.45) is 0.745. The van der Waals surface area contributed by atoms with Gasteiger partial charge in [0.05, 0.1) is 31.6 Å². The molecule has 0 radical (unpaired) electrons. The largest absolute Gasteiger partial charge is 0.465 e. The smallest absolute Gasteiger partial charge is 0.340 e. The molecule has 0 aromatic heterocycles. The van der Waals surface area contributed by atoms with Gasteiger partial charge in [-0.25, -0.2) is 4.79 Å². The summed E-state index contributed by atoms with van der Waals surface area (Å²) in [5.41, 5.74) is 2.71. The summed E-state index contributed by atoms with van der Waals surface area (Å²) in [5.74, 6) is -0.634. The Bertz CT molecular complexity index is 927. The summed E-state index contributed by atoms with van der Waals surface area (Å²) in [5, 5.41) is 3.59. The van der Waals surface area contributed by atoms with Gasteiger partial charge in [0.15, 0.2) is 0 Å². The van der Waals surface area contributed by atoms with Crippen molar-refractivity contribution in [2.24, 2.45) is 5.92 Å². The Labute approximate surface area is 174 Å². The van der Waals surface area contributed by atoms with Crippen molar-refractivity contribution in [3.05, 3.63) is 58.6 Å². The third kappa shape index (κ3) is 4.23. The van der Waals surface area contributed by atoms with Crippen molar-refractivity contribution in [2.45, 2.75) is 12.3 Å². The minimum atomic E-state index is -0.478. The van der Waals surface area contributed by atoms with Gasteiger partial charge in [-0.05, 0) is 42.2 Å². The van der Waals surface area contributed by atoms with Crippen LogP contribution in [0.2, 0.25) is 5.02 Å². The maximum absolute atomic E-state index is 12.8. The molecule has 0 spiro atoms. The predicted molar refractivity (Wildman–Crippen MR) is 112 cm³/mol. The van der Waals surface area contributed by atoms with Gasteiger partial charge >= 0.3 is 5.97 Å². The molecule has 152 valence electrons. The van der Waals surface area contributed by atoms with E-state index in [0.717, 1.165) is 30.8 Å². The second kappa shape index (κ2) is 8.43. The number of hydrogen-bond acceptors (Lipinski definition) is 5. The highest BCUT2D eigenvalue weighted by molar-refractivity contribution is 6.31. The number of rotatable bonds is 5. The van der Waals surface area contributed by atoms with E-state index in [1.54, 1.807) is 12.1 Å². The second-order valence-electron chi connectivity index (χ2n) is 7.28. The van der Waals surface area contributed by atoms with Gasteiger partial charge in [-0.15, -0.1) is 0 Å². The average Bonchev–Trinajstić information content (AvgIpc) is 3.55. The molecule has 4 rings (SSSR count). The van der Waals surface area contributed by atoms with E-state index in [2.05, 4.69) is 10.2 Å². The zero-order valence-corrected chi connectivity index (χ0v) is 16.9. The number of carbonyl (C=O) groups excluding carboxylic acids is 2. The summed E-state index contributed by atoms with van der Waals surface area (Å²) < 4.78 is 10.3. The molecule has 2 unspecified atom stereocenters. The van der Waals surface area contributed by atoms with E-state index in [1.807, 2.05) is 30.3 Å². The maximum Gasteiger partial charge on any atom is 0.340 e. The summed E-state index contributed by atoms with van der Waals surface area (Å²) in [4.78, 5) is 27.3. The Morgan fingerprint density at radius 1 is 1.17 bits per heavy atom. The van der Waals surface area contributed by atoms with Gasteiger partial charge in [-0.3, -0.25) is 4.79 Å². The number of nitrogens with one attached hydrogen (secondary N) is 1. The van der Waals surface area contributed by atoms with Crippen LogP contribution in [0.25, 0.3) is 0 Å². The Kier molecular flexibility index (Phi) is 5.74. The molecule has 1 aliphatic heterocycles. The second-order valence-corrected chi connectivity index (χ2v) is 7.69. The van der Waals surface area contributed by atoms with Crippen LogP contribution in [-0.2, 0) is 14.3 Å². The topological polar surface area (TPSA) is 67.9 Å². The highest BCUT2D eigenvalue weighted by Crippen LogP contribution is 2.50. The molecule has 1 heterocycles. The molecule has 1 amide bonds. The van der Waals surface area contributed by atoms with Gasteiger partial charge < -0.3 is 19.7 Å². The number of benzene rings is 2. The van der Waals surface area contributed by atoms with Gasteiger partial charge in [0.2, 0.25) is 5.91 Å². The zero-order valence-electron chi connectivity index (χ0n) is 16.2. The van der Waals surface area contributed by atoms with Gasteiger partial charge in [0.25, 0.3) is 0 Å².